The molecular weight excluding hydrogens is 136 g/mol. The largest absolute Gasteiger partial charge is 0.418 e. The van der Waals surface area contributed by atoms with E-state index in [-0.39, 0.29) is 5.71 Å². The third-order valence-electron chi connectivity index (χ3n) is 1.18. The van der Waals surface area contributed by atoms with Gasteiger partial charge in [0.05, 0.1) is 0 Å². The number of H-pyrrole nitrogens is 2. The third kappa shape index (κ3) is 0.471. The fourth-order valence-corrected chi connectivity index (χ4v) is 0.748. The van der Waals surface area contributed by atoms with Crippen LogP contribution in [-0.2, 0) is 0 Å². The predicted octanol–water partition coefficient (Wildman–Crippen LogP) is -0.574. The zero-order valence-corrected chi connectivity index (χ0v) is 4.84. The van der Waals surface area contributed by atoms with Gasteiger partial charge in [-0.15, -0.1) is 5.10 Å². The van der Waals surface area contributed by atoms with Gasteiger partial charge >= 0.3 is 5.76 Å². The van der Waals surface area contributed by atoms with E-state index in [9.17, 15) is 4.79 Å². The van der Waals surface area contributed by atoms with Gasteiger partial charge in [0.1, 0.15) is 5.82 Å². The fraction of sp³-hybridized carbons (Fsp3) is 0. The van der Waals surface area contributed by atoms with Crippen molar-refractivity contribution in [1.82, 2.24) is 15.2 Å². The van der Waals surface area contributed by atoms with Gasteiger partial charge in [-0.25, -0.2) is 4.79 Å². The lowest BCUT2D eigenvalue weighted by Gasteiger charge is -1.75. The van der Waals surface area contributed by atoms with Crippen LogP contribution in [0, 0.1) is 0 Å². The van der Waals surface area contributed by atoms with Crippen LogP contribution in [-0.4, -0.2) is 15.2 Å². The lowest BCUT2D eigenvalue weighted by molar-refractivity contribution is 0.542. The van der Waals surface area contributed by atoms with Gasteiger partial charge in [0, 0.05) is 0 Å². The molecule has 2 heterocycles. The van der Waals surface area contributed by atoms with Crippen molar-refractivity contribution in [3.05, 3.63) is 10.6 Å². The van der Waals surface area contributed by atoms with Gasteiger partial charge < -0.3 is 10.2 Å². The summed E-state index contributed by atoms with van der Waals surface area (Å²) in [4.78, 5) is 12.8. The van der Waals surface area contributed by atoms with Crippen LogP contribution in [0.25, 0.3) is 11.2 Å². The van der Waals surface area contributed by atoms with Gasteiger partial charge in [-0.1, -0.05) is 0 Å². The van der Waals surface area contributed by atoms with Crippen LogP contribution in [0.15, 0.2) is 9.21 Å². The number of nitrogens with zero attached hydrogens (tertiary/aromatic N) is 1. The molecule has 4 N–H and O–H groups in total. The Hall–Kier alpha value is -1.72. The molecule has 6 nitrogen and oxygen atoms in total. The summed E-state index contributed by atoms with van der Waals surface area (Å²) in [7, 11) is 0. The van der Waals surface area contributed by atoms with Crippen molar-refractivity contribution in [3.63, 3.8) is 0 Å². The quantitative estimate of drug-likeness (QED) is 0.456. The summed E-state index contributed by atoms with van der Waals surface area (Å²) in [6.45, 7) is 0. The number of oxazole rings is 1. The second-order valence-electron chi connectivity index (χ2n) is 1.83. The molecular formula is C4H4N4O2. The number of rotatable bonds is 0. The molecule has 0 aromatic carbocycles. The van der Waals surface area contributed by atoms with E-state index in [1.54, 1.807) is 0 Å². The monoisotopic (exact) mass is 140 g/mol. The Kier molecular flexibility index (Phi) is 0.717. The SMILES string of the molecule is Nc1[nH]nc2oc(=O)[nH]c12. The molecule has 0 aliphatic carbocycles. The first kappa shape index (κ1) is 5.10. The normalized spacial score (nSPS) is 10.8. The van der Waals surface area contributed by atoms with Crippen LogP contribution in [0.3, 0.4) is 0 Å². The predicted molar refractivity (Wildman–Crippen MR) is 33.4 cm³/mol. The third-order valence-corrected chi connectivity index (χ3v) is 1.18. The lowest BCUT2D eigenvalue weighted by atomic mass is 10.6. The number of nitrogens with one attached hydrogen (secondary N) is 2. The zero-order valence-electron chi connectivity index (χ0n) is 4.84. The second-order valence-corrected chi connectivity index (χ2v) is 1.83. The molecule has 0 aliphatic rings. The molecule has 52 valence electrons. The number of aromatic amines is 2. The summed E-state index contributed by atoms with van der Waals surface area (Å²) in [6, 6.07) is 0. The molecule has 2 rings (SSSR count). The van der Waals surface area contributed by atoms with Crippen molar-refractivity contribution in [3.8, 4) is 0 Å². The number of aromatic nitrogens is 3. The summed E-state index contributed by atoms with van der Waals surface area (Å²) < 4.78 is 4.56. The molecule has 0 unspecified atom stereocenters. The van der Waals surface area contributed by atoms with Crippen LogP contribution in [0.1, 0.15) is 0 Å². The average Bonchev–Trinajstić information content (AvgIpc) is 2.35. The smallest absolute Gasteiger partial charge is 0.387 e. The Morgan fingerprint density at radius 1 is 1.60 bits per heavy atom. The maximum absolute atomic E-state index is 10.5. The number of nitrogen functional groups attached to an aromatic ring is 1. The molecule has 0 aliphatic heterocycles. The molecule has 0 atom stereocenters. The van der Waals surface area contributed by atoms with Crippen molar-refractivity contribution in [2.75, 3.05) is 5.73 Å². The van der Waals surface area contributed by atoms with E-state index >= 15 is 0 Å². The number of anilines is 1. The maximum Gasteiger partial charge on any atom is 0.418 e. The first-order valence-electron chi connectivity index (χ1n) is 2.60. The summed E-state index contributed by atoms with van der Waals surface area (Å²) in [5, 5.41) is 6.04. The highest BCUT2D eigenvalue weighted by Crippen LogP contribution is 2.10. The molecule has 6 heteroatoms. The van der Waals surface area contributed by atoms with E-state index in [0.29, 0.717) is 11.3 Å². The van der Waals surface area contributed by atoms with Crippen LogP contribution < -0.4 is 11.5 Å². The molecule has 0 saturated heterocycles. The van der Waals surface area contributed by atoms with E-state index < -0.39 is 5.76 Å². The zero-order chi connectivity index (χ0) is 7.14. The fourth-order valence-electron chi connectivity index (χ4n) is 0.748. The van der Waals surface area contributed by atoms with Crippen LogP contribution >= 0.6 is 0 Å². The summed E-state index contributed by atoms with van der Waals surface area (Å²) in [6.07, 6.45) is 0. The van der Waals surface area contributed by atoms with Gasteiger partial charge in [0.25, 0.3) is 5.71 Å². The molecule has 2 aromatic rings. The van der Waals surface area contributed by atoms with Gasteiger partial charge in [-0.3, -0.25) is 10.1 Å². The molecule has 10 heavy (non-hydrogen) atoms. The van der Waals surface area contributed by atoms with Gasteiger partial charge in [0.15, 0.2) is 5.52 Å². The Morgan fingerprint density at radius 2 is 2.40 bits per heavy atom. The van der Waals surface area contributed by atoms with Crippen molar-refractivity contribution < 1.29 is 4.42 Å². The first-order valence-corrected chi connectivity index (χ1v) is 2.60. The lowest BCUT2D eigenvalue weighted by Crippen LogP contribution is -1.95. The van der Waals surface area contributed by atoms with Crippen LogP contribution in [0.2, 0.25) is 0 Å². The minimum Gasteiger partial charge on any atom is -0.387 e. The standard InChI is InChI=1S/C4H4N4O2/c5-2-1-3(8-7-2)10-4(9)6-1/h(H,6,9)(H3,5,7,8). The number of hydrogen-bond acceptors (Lipinski definition) is 4. The Morgan fingerprint density at radius 3 is 3.10 bits per heavy atom. The van der Waals surface area contributed by atoms with Crippen LogP contribution in [0.4, 0.5) is 5.82 Å². The van der Waals surface area contributed by atoms with Crippen LogP contribution in [0.5, 0.6) is 0 Å². The minimum absolute atomic E-state index is 0.211. The number of hydrogen-bond donors (Lipinski definition) is 3. The average molecular weight is 140 g/mol. The highest BCUT2D eigenvalue weighted by molar-refractivity contribution is 5.79. The van der Waals surface area contributed by atoms with Gasteiger partial charge in [-0.05, 0) is 0 Å². The van der Waals surface area contributed by atoms with E-state index in [0.717, 1.165) is 0 Å². The molecule has 2 aromatic heterocycles. The second kappa shape index (κ2) is 1.41. The molecule has 0 saturated carbocycles. The van der Waals surface area contributed by atoms with Crippen molar-refractivity contribution in [2.45, 2.75) is 0 Å². The van der Waals surface area contributed by atoms with E-state index in [4.69, 9.17) is 5.73 Å². The highest BCUT2D eigenvalue weighted by Gasteiger charge is 2.05. The first-order chi connectivity index (χ1) is 4.77. The highest BCUT2D eigenvalue weighted by atomic mass is 16.4. The minimum atomic E-state index is -0.543. The molecule has 0 bridgehead atoms. The van der Waals surface area contributed by atoms with Crippen molar-refractivity contribution in [1.29, 1.82) is 0 Å². The summed E-state index contributed by atoms with van der Waals surface area (Å²) in [5.41, 5.74) is 5.97. The molecule has 0 fully saturated rings. The molecule has 0 spiro atoms. The number of nitrogens with two attached hydrogens (primary N) is 1. The summed E-state index contributed by atoms with van der Waals surface area (Å²) >= 11 is 0. The van der Waals surface area contributed by atoms with E-state index in [1.165, 1.54) is 0 Å². The molecule has 0 amide bonds. The topological polar surface area (TPSA) is 101 Å². The maximum atomic E-state index is 10.5. The Balaban J connectivity index is 3.03. The van der Waals surface area contributed by atoms with Gasteiger partial charge in [0.2, 0.25) is 0 Å². The van der Waals surface area contributed by atoms with E-state index in [1.807, 2.05) is 0 Å². The van der Waals surface area contributed by atoms with Crippen molar-refractivity contribution in [2.24, 2.45) is 0 Å². The van der Waals surface area contributed by atoms with Gasteiger partial charge in [-0.2, -0.15) is 0 Å². The Bertz CT molecular complexity index is 408. The van der Waals surface area contributed by atoms with E-state index in [2.05, 4.69) is 19.6 Å². The molecule has 0 radical (unpaired) electrons. The number of fused-ring (bicyclic) bond motifs is 1. The van der Waals surface area contributed by atoms with Crippen molar-refractivity contribution >= 4 is 17.0 Å². The Labute approximate surface area is 54.0 Å². The summed E-state index contributed by atoms with van der Waals surface area (Å²) in [5.74, 6) is -0.237.